The van der Waals surface area contributed by atoms with Crippen LogP contribution in [0.1, 0.15) is 25.0 Å². The Balaban J connectivity index is 1.56. The van der Waals surface area contributed by atoms with Gasteiger partial charge in [-0.2, -0.15) is 5.10 Å². The highest BCUT2D eigenvalue weighted by Crippen LogP contribution is 2.12. The van der Waals surface area contributed by atoms with Gasteiger partial charge < -0.3 is 10.2 Å². The molecule has 0 atom stereocenters. The maximum atomic E-state index is 12.1. The van der Waals surface area contributed by atoms with E-state index in [1.807, 2.05) is 4.90 Å². The lowest BCUT2D eigenvalue weighted by Crippen LogP contribution is -2.33. The van der Waals surface area contributed by atoms with E-state index in [4.69, 9.17) is 0 Å². The number of carbonyl (C=O) groups excluding carboxylic acids is 2. The Hall–Kier alpha value is -2.70. The molecule has 0 radical (unpaired) electrons. The van der Waals surface area contributed by atoms with Crippen molar-refractivity contribution in [3.8, 4) is 0 Å². The fraction of sp³-hybridized carbons (Fsp3) is 0.412. The van der Waals surface area contributed by atoms with Crippen LogP contribution in [0.5, 0.6) is 0 Å². The smallest absolute Gasteiger partial charge is 0.272 e. The Morgan fingerprint density at radius 3 is 2.62 bits per heavy atom. The van der Waals surface area contributed by atoms with E-state index in [0.29, 0.717) is 29.4 Å². The van der Waals surface area contributed by atoms with Crippen molar-refractivity contribution in [2.75, 3.05) is 19.6 Å². The third-order valence-electron chi connectivity index (χ3n) is 4.22. The van der Waals surface area contributed by atoms with Gasteiger partial charge in [-0.25, -0.2) is 5.10 Å². The average Bonchev–Trinajstić information content (AvgIpc) is 3.12. The second-order valence-electron chi connectivity index (χ2n) is 5.91. The number of aromatic nitrogens is 2. The van der Waals surface area contributed by atoms with Gasteiger partial charge in [0.25, 0.3) is 5.56 Å². The van der Waals surface area contributed by atoms with E-state index in [-0.39, 0.29) is 23.8 Å². The van der Waals surface area contributed by atoms with Gasteiger partial charge in [0.05, 0.1) is 17.5 Å². The number of hydrogen-bond acceptors (Lipinski definition) is 4. The van der Waals surface area contributed by atoms with Crippen molar-refractivity contribution in [3.63, 3.8) is 0 Å². The molecule has 0 saturated carbocycles. The standard InChI is InChI=1S/C17H20N4O3/c22-15(18-8-7-16(23)21-9-3-4-10-21)11-14-12-5-1-2-6-13(12)17(24)20-19-14/h1-2,5-6H,3-4,7-11H2,(H,18,22)(H,20,24). The highest BCUT2D eigenvalue weighted by molar-refractivity contribution is 5.88. The van der Waals surface area contributed by atoms with Crippen molar-refractivity contribution in [2.24, 2.45) is 0 Å². The summed E-state index contributed by atoms with van der Waals surface area (Å²) in [5.74, 6) is -0.130. The number of likely N-dealkylation sites (tertiary alicyclic amines) is 1. The fourth-order valence-electron chi connectivity index (χ4n) is 2.95. The van der Waals surface area contributed by atoms with Crippen LogP contribution in [0.3, 0.4) is 0 Å². The van der Waals surface area contributed by atoms with Gasteiger partial charge in [0.2, 0.25) is 11.8 Å². The lowest BCUT2D eigenvalue weighted by atomic mass is 10.1. The first-order valence-corrected chi connectivity index (χ1v) is 8.16. The summed E-state index contributed by atoms with van der Waals surface area (Å²) in [4.78, 5) is 37.6. The Morgan fingerprint density at radius 2 is 1.88 bits per heavy atom. The van der Waals surface area contributed by atoms with E-state index in [2.05, 4.69) is 15.5 Å². The number of H-pyrrole nitrogens is 1. The molecule has 2 heterocycles. The van der Waals surface area contributed by atoms with Gasteiger partial charge in [0.15, 0.2) is 0 Å². The van der Waals surface area contributed by atoms with Crippen molar-refractivity contribution < 1.29 is 9.59 Å². The number of aromatic amines is 1. The zero-order valence-corrected chi connectivity index (χ0v) is 13.4. The minimum Gasteiger partial charge on any atom is -0.355 e. The van der Waals surface area contributed by atoms with Gasteiger partial charge in [-0.3, -0.25) is 14.4 Å². The number of rotatable bonds is 5. The van der Waals surface area contributed by atoms with Gasteiger partial charge in [0, 0.05) is 31.4 Å². The van der Waals surface area contributed by atoms with E-state index in [1.54, 1.807) is 24.3 Å². The van der Waals surface area contributed by atoms with Crippen molar-refractivity contribution in [3.05, 3.63) is 40.3 Å². The van der Waals surface area contributed by atoms with Crippen LogP contribution in [0.15, 0.2) is 29.1 Å². The maximum absolute atomic E-state index is 12.1. The predicted molar refractivity (Wildman–Crippen MR) is 89.5 cm³/mol. The summed E-state index contributed by atoms with van der Waals surface area (Å²) in [5, 5.41) is 10.3. The van der Waals surface area contributed by atoms with Crippen molar-refractivity contribution in [2.45, 2.75) is 25.7 Å². The van der Waals surface area contributed by atoms with Crippen LogP contribution in [0, 0.1) is 0 Å². The van der Waals surface area contributed by atoms with Gasteiger partial charge >= 0.3 is 0 Å². The van der Waals surface area contributed by atoms with Gasteiger partial charge in [-0.05, 0) is 18.9 Å². The zero-order valence-electron chi connectivity index (χ0n) is 13.4. The average molecular weight is 328 g/mol. The summed E-state index contributed by atoms with van der Waals surface area (Å²) in [6, 6.07) is 7.05. The highest BCUT2D eigenvalue weighted by Gasteiger charge is 2.17. The van der Waals surface area contributed by atoms with Crippen LogP contribution in [-0.4, -0.2) is 46.5 Å². The summed E-state index contributed by atoms with van der Waals surface area (Å²) < 4.78 is 0. The monoisotopic (exact) mass is 328 g/mol. The lowest BCUT2D eigenvalue weighted by molar-refractivity contribution is -0.130. The molecule has 2 N–H and O–H groups in total. The molecule has 7 nitrogen and oxygen atoms in total. The topological polar surface area (TPSA) is 95.2 Å². The fourth-order valence-corrected chi connectivity index (χ4v) is 2.95. The van der Waals surface area contributed by atoms with E-state index < -0.39 is 0 Å². The van der Waals surface area contributed by atoms with Crippen LogP contribution < -0.4 is 10.9 Å². The molecule has 2 amide bonds. The summed E-state index contributed by atoms with van der Waals surface area (Å²) in [6.07, 6.45) is 2.49. The molecule has 0 spiro atoms. The molecule has 0 unspecified atom stereocenters. The Morgan fingerprint density at radius 1 is 1.17 bits per heavy atom. The summed E-state index contributed by atoms with van der Waals surface area (Å²) in [6.45, 7) is 1.95. The van der Waals surface area contributed by atoms with Crippen LogP contribution in [-0.2, 0) is 16.0 Å². The molecule has 1 aliphatic heterocycles. The molecule has 0 aliphatic carbocycles. The second kappa shape index (κ2) is 7.25. The normalized spacial score (nSPS) is 14.1. The molecule has 1 aliphatic rings. The molecule has 3 rings (SSSR count). The predicted octanol–water partition coefficient (Wildman–Crippen LogP) is 0.594. The minimum atomic E-state index is -0.272. The summed E-state index contributed by atoms with van der Waals surface area (Å²) in [5.41, 5.74) is 0.250. The SMILES string of the molecule is O=C(Cc1n[nH]c(=O)c2ccccc12)NCCC(=O)N1CCCC1. The zero-order chi connectivity index (χ0) is 16.9. The number of amides is 2. The maximum Gasteiger partial charge on any atom is 0.272 e. The first-order valence-electron chi connectivity index (χ1n) is 8.16. The molecule has 1 aromatic heterocycles. The first kappa shape index (κ1) is 16.2. The molecule has 1 fully saturated rings. The number of hydrogen-bond donors (Lipinski definition) is 2. The highest BCUT2D eigenvalue weighted by atomic mass is 16.2. The van der Waals surface area contributed by atoms with Gasteiger partial charge in [-0.1, -0.05) is 18.2 Å². The Bertz CT molecular complexity index is 809. The molecule has 1 aromatic carbocycles. The molecule has 0 bridgehead atoms. The third kappa shape index (κ3) is 3.61. The van der Waals surface area contributed by atoms with Gasteiger partial charge in [0.1, 0.15) is 0 Å². The summed E-state index contributed by atoms with van der Waals surface area (Å²) in [7, 11) is 0. The first-order chi connectivity index (χ1) is 11.6. The quantitative estimate of drug-likeness (QED) is 0.840. The largest absolute Gasteiger partial charge is 0.355 e. The molecule has 126 valence electrons. The number of nitrogens with zero attached hydrogens (tertiary/aromatic N) is 2. The number of fused-ring (bicyclic) bond motifs is 1. The molecule has 2 aromatic rings. The Labute approximate surface area is 139 Å². The van der Waals surface area contributed by atoms with E-state index >= 15 is 0 Å². The van der Waals surface area contributed by atoms with Crippen LogP contribution in [0.4, 0.5) is 0 Å². The van der Waals surface area contributed by atoms with E-state index in [1.165, 1.54) is 0 Å². The van der Waals surface area contributed by atoms with Gasteiger partial charge in [-0.15, -0.1) is 0 Å². The van der Waals surface area contributed by atoms with Crippen molar-refractivity contribution >= 4 is 22.6 Å². The number of benzene rings is 1. The third-order valence-corrected chi connectivity index (χ3v) is 4.22. The van der Waals surface area contributed by atoms with Crippen molar-refractivity contribution in [1.82, 2.24) is 20.4 Å². The number of carbonyl (C=O) groups is 2. The van der Waals surface area contributed by atoms with Crippen LogP contribution in [0.2, 0.25) is 0 Å². The molecular formula is C17H20N4O3. The summed E-state index contributed by atoms with van der Waals surface area (Å²) >= 11 is 0. The molecular weight excluding hydrogens is 308 g/mol. The van der Waals surface area contributed by atoms with E-state index in [0.717, 1.165) is 25.9 Å². The lowest BCUT2D eigenvalue weighted by Gasteiger charge is -2.15. The second-order valence-corrected chi connectivity index (χ2v) is 5.91. The van der Waals surface area contributed by atoms with E-state index in [9.17, 15) is 14.4 Å². The van der Waals surface area contributed by atoms with Crippen molar-refractivity contribution in [1.29, 1.82) is 0 Å². The number of nitrogens with one attached hydrogen (secondary N) is 2. The Kier molecular flexibility index (Phi) is 4.88. The minimum absolute atomic E-state index is 0.0647. The van der Waals surface area contributed by atoms with Crippen LogP contribution >= 0.6 is 0 Å². The molecule has 24 heavy (non-hydrogen) atoms. The molecule has 1 saturated heterocycles. The van der Waals surface area contributed by atoms with Crippen LogP contribution in [0.25, 0.3) is 10.8 Å². The molecule has 7 heteroatoms.